The molecule has 7 rings (SSSR count). The monoisotopic (exact) mass is 799 g/mol. The second-order valence-electron chi connectivity index (χ2n) is 17.9. The largest absolute Gasteiger partial charge is 0.494 e. The van der Waals surface area contributed by atoms with Crippen molar-refractivity contribution in [2.75, 3.05) is 0 Å². The van der Waals surface area contributed by atoms with E-state index in [9.17, 15) is 0 Å². The number of fused-ring (bicyclic) bond motifs is 6. The Morgan fingerprint density at radius 1 is 0.881 bits per heavy atom. The first-order chi connectivity index (χ1) is 28.2. The molecule has 0 saturated carbocycles. The molecule has 316 valence electrons. The maximum Gasteiger partial charge on any atom is 0.494 e. The molecule has 5 nitrogen and oxygen atoms in total. The molecule has 1 aliphatic carbocycles. The molecule has 0 bridgehead atoms. The van der Waals surface area contributed by atoms with Gasteiger partial charge >= 0.3 is 14.2 Å². The predicted molar refractivity (Wildman–Crippen MR) is 256 cm³/mol. The predicted octanol–water partition coefficient (Wildman–Crippen LogP) is 14.0. The first kappa shape index (κ1) is 46.5. The number of rotatable bonds is 13. The third-order valence-electron chi connectivity index (χ3n) is 11.5. The Labute approximate surface area is 357 Å². The summed E-state index contributed by atoms with van der Waals surface area (Å²) in [5.41, 5.74) is 5.52. The third-order valence-corrected chi connectivity index (χ3v) is 11.5. The number of benzene rings is 4. The Morgan fingerprint density at radius 3 is 2.19 bits per heavy atom. The average Bonchev–Trinajstić information content (AvgIpc) is 3.76. The van der Waals surface area contributed by atoms with Crippen LogP contribution in [0.1, 0.15) is 147 Å². The maximum atomic E-state index is 7.08. The number of furan rings is 1. The van der Waals surface area contributed by atoms with Crippen molar-refractivity contribution in [1.29, 1.82) is 0 Å². The van der Waals surface area contributed by atoms with Gasteiger partial charge in [0.25, 0.3) is 0 Å². The highest BCUT2D eigenvalue weighted by atomic mass is 16.7. The van der Waals surface area contributed by atoms with Crippen molar-refractivity contribution in [3.63, 3.8) is 0 Å². The molecule has 1 aromatic heterocycles. The minimum absolute atomic E-state index is 0.00740. The van der Waals surface area contributed by atoms with Crippen LogP contribution in [0.15, 0.2) is 89.4 Å². The molecule has 0 spiro atoms. The molecule has 1 fully saturated rings. The summed E-state index contributed by atoms with van der Waals surface area (Å²) in [6, 6.07) is 23.6. The number of allylic oxidation sites excluding steroid dienone is 4. The van der Waals surface area contributed by atoms with E-state index in [2.05, 4.69) is 141 Å². The molecule has 7 heteroatoms. The lowest BCUT2D eigenvalue weighted by atomic mass is 9.75. The van der Waals surface area contributed by atoms with Crippen LogP contribution in [0.4, 0.5) is 0 Å². The van der Waals surface area contributed by atoms with Crippen LogP contribution in [0.25, 0.3) is 49.4 Å². The second-order valence-corrected chi connectivity index (χ2v) is 17.9. The Balaban J connectivity index is 0.000000485. The van der Waals surface area contributed by atoms with Crippen molar-refractivity contribution in [2.24, 2.45) is 5.92 Å². The fourth-order valence-corrected chi connectivity index (χ4v) is 8.16. The summed E-state index contributed by atoms with van der Waals surface area (Å²) in [6.07, 6.45) is 17.0. The Kier molecular flexibility index (Phi) is 16.4. The summed E-state index contributed by atoms with van der Waals surface area (Å²) in [6.45, 7) is 27.4. The van der Waals surface area contributed by atoms with E-state index in [0.717, 1.165) is 79.1 Å². The summed E-state index contributed by atoms with van der Waals surface area (Å²) < 4.78 is 32.7. The lowest BCUT2D eigenvalue weighted by Gasteiger charge is -2.27. The molecule has 1 saturated heterocycles. The summed E-state index contributed by atoms with van der Waals surface area (Å²) in [5, 5.41) is 5.53. The van der Waals surface area contributed by atoms with Crippen LogP contribution in [0.3, 0.4) is 0 Å². The summed E-state index contributed by atoms with van der Waals surface area (Å²) in [7, 11) is -0.967. The van der Waals surface area contributed by atoms with Gasteiger partial charge < -0.3 is 23.0 Å². The fraction of sp³-hybridized carbons (Fsp3) is 0.500. The van der Waals surface area contributed by atoms with Crippen molar-refractivity contribution in [3.05, 3.63) is 90.5 Å². The van der Waals surface area contributed by atoms with E-state index in [1.54, 1.807) is 0 Å². The Morgan fingerprint density at radius 2 is 1.59 bits per heavy atom. The lowest BCUT2D eigenvalue weighted by molar-refractivity contribution is 0.0757. The van der Waals surface area contributed by atoms with Crippen LogP contribution >= 0.6 is 0 Å². The van der Waals surface area contributed by atoms with Crippen LogP contribution in [-0.2, 0) is 18.6 Å². The van der Waals surface area contributed by atoms with Crippen molar-refractivity contribution in [3.8, 4) is 11.3 Å². The van der Waals surface area contributed by atoms with E-state index in [1.165, 1.54) is 44.1 Å². The van der Waals surface area contributed by atoms with Gasteiger partial charge in [-0.2, -0.15) is 0 Å². The molecule has 2 unspecified atom stereocenters. The Hall–Kier alpha value is -3.61. The van der Waals surface area contributed by atoms with Gasteiger partial charge in [-0.15, -0.1) is 0 Å². The molecular weight excluding hydrogens is 726 g/mol. The minimum atomic E-state index is -0.524. The number of unbranched alkanes of at least 4 members (excludes halogenated alkanes) is 1. The fourth-order valence-electron chi connectivity index (χ4n) is 8.16. The highest BCUT2D eigenvalue weighted by molar-refractivity contribution is 6.63. The molecule has 5 aromatic rings. The molecule has 1 aliphatic heterocycles. The smallest absolute Gasteiger partial charge is 0.455 e. The second kappa shape index (κ2) is 20.8. The zero-order chi connectivity index (χ0) is 42.9. The molecule has 0 amide bonds. The molecule has 0 radical (unpaired) electrons. The van der Waals surface area contributed by atoms with Crippen molar-refractivity contribution in [1.82, 2.24) is 0 Å². The van der Waals surface area contributed by atoms with Gasteiger partial charge in [0.15, 0.2) is 0 Å². The van der Waals surface area contributed by atoms with Gasteiger partial charge in [0, 0.05) is 33.6 Å². The van der Waals surface area contributed by atoms with Gasteiger partial charge in [-0.05, 0) is 107 Å². The van der Waals surface area contributed by atoms with E-state index in [4.69, 9.17) is 23.0 Å². The molecular formula is C52H72B2O5. The zero-order valence-corrected chi connectivity index (χ0v) is 38.7. The topological polar surface area (TPSA) is 50.1 Å². The van der Waals surface area contributed by atoms with E-state index >= 15 is 0 Å². The van der Waals surface area contributed by atoms with Crippen molar-refractivity contribution < 1.29 is 23.0 Å². The zero-order valence-electron chi connectivity index (χ0n) is 38.7. The van der Waals surface area contributed by atoms with Gasteiger partial charge in [0.05, 0.1) is 11.7 Å². The highest BCUT2D eigenvalue weighted by Crippen LogP contribution is 2.46. The molecule has 4 aromatic carbocycles. The van der Waals surface area contributed by atoms with Crippen LogP contribution in [0.2, 0.25) is 0 Å². The van der Waals surface area contributed by atoms with Crippen LogP contribution < -0.4 is 10.9 Å². The summed E-state index contributed by atoms with van der Waals surface area (Å²) in [4.78, 5) is 0. The molecule has 0 N–H and O–H groups in total. The summed E-state index contributed by atoms with van der Waals surface area (Å²) >= 11 is 0. The quantitative estimate of drug-likeness (QED) is 0.0877. The van der Waals surface area contributed by atoms with Gasteiger partial charge in [-0.25, -0.2) is 0 Å². The van der Waals surface area contributed by atoms with Crippen molar-refractivity contribution >= 4 is 63.2 Å². The highest BCUT2D eigenvalue weighted by Gasteiger charge is 2.44. The van der Waals surface area contributed by atoms with Gasteiger partial charge in [0.2, 0.25) is 0 Å². The lowest BCUT2D eigenvalue weighted by Crippen LogP contribution is -2.44. The van der Waals surface area contributed by atoms with Crippen LogP contribution in [0.5, 0.6) is 0 Å². The maximum absolute atomic E-state index is 7.08. The Bertz CT molecular complexity index is 2170. The standard InChI is InChI=1S/C40H44B2O5.C10H22.C2H6/c1-25(2)44-41(46-39(4,5)6)30-20-22-32-31-21-19-29(42-45-26(3)40(7,8)47-42)23-33(31)36-35(27-15-11-9-12-16-27)37(28-17-13-10-14-18-28)43-38(36)34(32)24-30;1-4-7-9-10(6-3)8-5-2;1-2/h9-11,13-15,17-26H,12,16H2,1-8H3;10H,4-9H2,1-3H3;1-2H3. The average molecular weight is 799 g/mol. The van der Waals surface area contributed by atoms with Crippen LogP contribution in [0, 0.1) is 5.92 Å². The van der Waals surface area contributed by atoms with Gasteiger partial charge in [0.1, 0.15) is 11.3 Å². The number of hydrogen-bond acceptors (Lipinski definition) is 5. The van der Waals surface area contributed by atoms with Crippen LogP contribution in [-0.4, -0.2) is 37.6 Å². The third kappa shape index (κ3) is 11.2. The van der Waals surface area contributed by atoms with E-state index in [1.807, 2.05) is 33.8 Å². The SMILES string of the molecule is CC.CC(C)OB(OC(C)(C)C)c1ccc2c3ccc(B4OC(C)C(C)(C)O4)cc3c3c(C4=CC=CCC4)c(-c4ccccc4)oc3c2c1.CCCCC(CC)CCC. The first-order valence-corrected chi connectivity index (χ1v) is 22.8. The van der Waals surface area contributed by atoms with E-state index in [-0.39, 0.29) is 23.4 Å². The minimum Gasteiger partial charge on any atom is -0.455 e. The molecule has 2 heterocycles. The molecule has 59 heavy (non-hydrogen) atoms. The van der Waals surface area contributed by atoms with E-state index < -0.39 is 14.2 Å². The van der Waals surface area contributed by atoms with E-state index in [0.29, 0.717) is 0 Å². The van der Waals surface area contributed by atoms with Gasteiger partial charge in [-0.1, -0.05) is 158 Å². The first-order valence-electron chi connectivity index (χ1n) is 22.8. The van der Waals surface area contributed by atoms with Gasteiger partial charge in [-0.3, -0.25) is 0 Å². The number of hydrogen-bond donors (Lipinski definition) is 0. The summed E-state index contributed by atoms with van der Waals surface area (Å²) in [5.74, 6) is 1.90. The normalized spacial score (nSPS) is 16.9. The van der Waals surface area contributed by atoms with Crippen molar-refractivity contribution in [2.45, 2.75) is 165 Å². The molecule has 2 atom stereocenters. The molecule has 2 aliphatic rings.